The third-order valence-corrected chi connectivity index (χ3v) is 5.20. The molecule has 28 heavy (non-hydrogen) atoms. The first kappa shape index (κ1) is 19.1. The number of imidazole rings is 1. The molecule has 0 unspecified atom stereocenters. The van der Waals surface area contributed by atoms with Crippen LogP contribution in [0.1, 0.15) is 37.7 Å². The highest BCUT2D eigenvalue weighted by atomic mass is 19.4. The number of rotatable bonds is 5. The molecular formula is C18H21F4N5O. The number of alkyl halides is 4. The first-order valence-corrected chi connectivity index (χ1v) is 9.20. The molecule has 6 nitrogen and oxygen atoms in total. The number of likely N-dealkylation sites (tertiary alicyclic amines) is 1. The Bertz CT molecular complexity index is 980. The number of nitrogens with zero attached hydrogens (tertiary/aromatic N) is 4. The molecule has 0 spiro atoms. The largest absolute Gasteiger partial charge is 0.389 e. The molecule has 3 atom stereocenters. The molecule has 0 aromatic carbocycles. The predicted octanol–water partition coefficient (Wildman–Crippen LogP) is 3.50. The summed E-state index contributed by atoms with van der Waals surface area (Å²) in [7, 11) is 0. The molecular weight excluding hydrogens is 378 g/mol. The minimum absolute atomic E-state index is 0.0583. The van der Waals surface area contributed by atoms with Crippen LogP contribution in [0.2, 0.25) is 0 Å². The number of fused-ring (bicyclic) bond motifs is 3. The third-order valence-electron chi connectivity index (χ3n) is 5.20. The van der Waals surface area contributed by atoms with Gasteiger partial charge in [0.1, 0.15) is 29.3 Å². The molecule has 3 aromatic rings. The molecule has 1 fully saturated rings. The molecule has 10 heteroatoms. The predicted molar refractivity (Wildman–Crippen MR) is 95.7 cm³/mol. The first-order valence-electron chi connectivity index (χ1n) is 9.20. The van der Waals surface area contributed by atoms with E-state index in [2.05, 4.69) is 15.0 Å². The second-order valence-electron chi connectivity index (χ2n) is 7.31. The summed E-state index contributed by atoms with van der Waals surface area (Å²) in [6, 6.07) is 1.18. The van der Waals surface area contributed by atoms with Gasteiger partial charge in [-0.1, -0.05) is 0 Å². The Morgan fingerprint density at radius 2 is 2.14 bits per heavy atom. The molecule has 1 saturated heterocycles. The molecule has 4 rings (SSSR count). The van der Waals surface area contributed by atoms with Crippen molar-refractivity contribution in [2.45, 2.75) is 44.3 Å². The lowest BCUT2D eigenvalue weighted by molar-refractivity contribution is -0.136. The number of pyridine rings is 1. The van der Waals surface area contributed by atoms with Crippen LogP contribution in [0.5, 0.6) is 0 Å². The second-order valence-corrected chi connectivity index (χ2v) is 7.31. The Morgan fingerprint density at radius 3 is 2.86 bits per heavy atom. The van der Waals surface area contributed by atoms with E-state index in [-0.39, 0.29) is 26.1 Å². The SMILES string of the molecule is C[C@@H](O)c1nc2cnc3[nH]ccc3c2n1[C@@H]1CN(CCCC(F)(F)F)C[C@@H]1F. The van der Waals surface area contributed by atoms with Crippen LogP contribution in [0.15, 0.2) is 18.5 Å². The number of aromatic amines is 1. The Labute approximate surface area is 158 Å². The summed E-state index contributed by atoms with van der Waals surface area (Å²) in [5.41, 5.74) is 1.85. The Kier molecular flexibility index (Phi) is 4.78. The van der Waals surface area contributed by atoms with Crippen LogP contribution in [-0.4, -0.2) is 61.5 Å². The minimum Gasteiger partial charge on any atom is -0.385 e. The molecule has 1 aliphatic heterocycles. The smallest absolute Gasteiger partial charge is 0.385 e. The van der Waals surface area contributed by atoms with Crippen molar-refractivity contribution in [3.63, 3.8) is 0 Å². The number of aliphatic hydroxyl groups is 1. The summed E-state index contributed by atoms with van der Waals surface area (Å²) in [5, 5.41) is 11.0. The van der Waals surface area contributed by atoms with Crippen molar-refractivity contribution in [2.75, 3.05) is 19.6 Å². The number of halogens is 4. The minimum atomic E-state index is -4.21. The number of nitrogens with one attached hydrogen (secondary N) is 1. The van der Waals surface area contributed by atoms with Gasteiger partial charge in [-0.25, -0.2) is 14.4 Å². The fourth-order valence-corrected chi connectivity index (χ4v) is 3.99. The van der Waals surface area contributed by atoms with E-state index in [1.807, 2.05) is 6.07 Å². The summed E-state index contributed by atoms with van der Waals surface area (Å²) in [4.78, 5) is 13.4. The highest BCUT2D eigenvalue weighted by Crippen LogP contribution is 2.35. The summed E-state index contributed by atoms with van der Waals surface area (Å²) >= 11 is 0. The quantitative estimate of drug-likeness (QED) is 0.645. The maximum Gasteiger partial charge on any atom is 0.389 e. The zero-order valence-electron chi connectivity index (χ0n) is 15.2. The second kappa shape index (κ2) is 7.00. The van der Waals surface area contributed by atoms with Gasteiger partial charge in [-0.2, -0.15) is 13.2 Å². The summed E-state index contributed by atoms with van der Waals surface area (Å²) in [6.45, 7) is 2.05. The molecule has 0 saturated carbocycles. The number of aromatic nitrogens is 4. The van der Waals surface area contributed by atoms with Crippen LogP contribution in [0.25, 0.3) is 22.1 Å². The van der Waals surface area contributed by atoms with Gasteiger partial charge in [0.25, 0.3) is 0 Å². The van der Waals surface area contributed by atoms with Gasteiger partial charge >= 0.3 is 6.18 Å². The topological polar surface area (TPSA) is 70.0 Å². The molecule has 4 heterocycles. The van der Waals surface area contributed by atoms with Gasteiger partial charge in [0, 0.05) is 31.1 Å². The fraction of sp³-hybridized carbons (Fsp3) is 0.556. The zero-order chi connectivity index (χ0) is 20.1. The van der Waals surface area contributed by atoms with Crippen molar-refractivity contribution in [2.24, 2.45) is 0 Å². The average molecular weight is 399 g/mol. The first-order chi connectivity index (χ1) is 13.2. The van der Waals surface area contributed by atoms with Crippen LogP contribution in [-0.2, 0) is 0 Å². The molecule has 152 valence electrons. The lowest BCUT2D eigenvalue weighted by Gasteiger charge is -2.20. The standard InChI is InChI=1S/C18H21F4N5O/c1-10(28)17-25-13-7-24-16-11(3-5-23-16)15(13)27(17)14-9-26(8-12(14)19)6-2-4-18(20,21)22/h3,5,7,10,12,14,28H,2,4,6,8-9H2,1H3,(H,23,24)/t10-,12+,14-/m1/s1. The monoisotopic (exact) mass is 399 g/mol. The summed E-state index contributed by atoms with van der Waals surface area (Å²) < 4.78 is 53.8. The van der Waals surface area contributed by atoms with Crippen LogP contribution in [0.3, 0.4) is 0 Å². The Morgan fingerprint density at radius 1 is 1.36 bits per heavy atom. The van der Waals surface area contributed by atoms with Gasteiger partial charge in [0.2, 0.25) is 0 Å². The van der Waals surface area contributed by atoms with E-state index in [9.17, 15) is 22.7 Å². The van der Waals surface area contributed by atoms with Crippen LogP contribution in [0, 0.1) is 0 Å². The Hall–Kier alpha value is -2.20. The molecule has 0 radical (unpaired) electrons. The summed E-state index contributed by atoms with van der Waals surface area (Å²) in [6.07, 6.45) is -4.06. The van der Waals surface area contributed by atoms with Gasteiger partial charge < -0.3 is 14.7 Å². The molecule has 0 aliphatic carbocycles. The highest BCUT2D eigenvalue weighted by Gasteiger charge is 2.37. The molecule has 3 aromatic heterocycles. The molecule has 2 N–H and O–H groups in total. The lowest BCUT2D eigenvalue weighted by Crippen LogP contribution is -2.24. The number of hydrogen-bond acceptors (Lipinski definition) is 4. The van der Waals surface area contributed by atoms with E-state index in [4.69, 9.17) is 0 Å². The molecule has 0 bridgehead atoms. The van der Waals surface area contributed by atoms with Crippen molar-refractivity contribution in [1.29, 1.82) is 0 Å². The molecule has 1 aliphatic rings. The third kappa shape index (κ3) is 3.46. The van der Waals surface area contributed by atoms with Crippen molar-refractivity contribution in [3.8, 4) is 0 Å². The average Bonchev–Trinajstić information content (AvgIpc) is 3.28. The van der Waals surface area contributed by atoms with E-state index in [1.54, 1.807) is 28.8 Å². The van der Waals surface area contributed by atoms with Crippen LogP contribution >= 0.6 is 0 Å². The van der Waals surface area contributed by atoms with E-state index in [0.29, 0.717) is 22.5 Å². The van der Waals surface area contributed by atoms with Crippen molar-refractivity contribution in [1.82, 2.24) is 24.4 Å². The number of hydrogen-bond donors (Lipinski definition) is 2. The van der Waals surface area contributed by atoms with Crippen molar-refractivity contribution in [3.05, 3.63) is 24.3 Å². The van der Waals surface area contributed by atoms with Gasteiger partial charge in [0.05, 0.1) is 17.8 Å². The maximum atomic E-state index is 14.9. The van der Waals surface area contributed by atoms with Crippen molar-refractivity contribution < 1.29 is 22.7 Å². The number of aliphatic hydroxyl groups excluding tert-OH is 1. The highest BCUT2D eigenvalue weighted by molar-refractivity contribution is 6.01. The van der Waals surface area contributed by atoms with E-state index < -0.39 is 30.9 Å². The van der Waals surface area contributed by atoms with Crippen LogP contribution in [0.4, 0.5) is 17.6 Å². The van der Waals surface area contributed by atoms with E-state index in [0.717, 1.165) is 5.39 Å². The van der Waals surface area contributed by atoms with Crippen molar-refractivity contribution >= 4 is 22.1 Å². The van der Waals surface area contributed by atoms with E-state index in [1.165, 1.54) is 0 Å². The maximum absolute atomic E-state index is 14.9. The van der Waals surface area contributed by atoms with Gasteiger partial charge in [-0.05, 0) is 26.0 Å². The lowest BCUT2D eigenvalue weighted by atomic mass is 10.2. The Balaban J connectivity index is 1.68. The molecule has 0 amide bonds. The number of H-pyrrole nitrogens is 1. The zero-order valence-corrected chi connectivity index (χ0v) is 15.2. The van der Waals surface area contributed by atoms with Gasteiger partial charge in [-0.15, -0.1) is 0 Å². The fourth-order valence-electron chi connectivity index (χ4n) is 3.99. The van der Waals surface area contributed by atoms with Gasteiger partial charge in [-0.3, -0.25) is 4.90 Å². The van der Waals surface area contributed by atoms with Gasteiger partial charge in [0.15, 0.2) is 0 Å². The normalized spacial score (nSPS) is 22.5. The van der Waals surface area contributed by atoms with Crippen LogP contribution < -0.4 is 0 Å². The van der Waals surface area contributed by atoms with E-state index >= 15 is 0 Å². The summed E-state index contributed by atoms with van der Waals surface area (Å²) in [5.74, 6) is 0.329.